The van der Waals surface area contributed by atoms with Crippen molar-refractivity contribution >= 4 is 42.3 Å². The molecule has 0 unspecified atom stereocenters. The first-order chi connectivity index (χ1) is 19.2. The summed E-state index contributed by atoms with van der Waals surface area (Å²) in [4.78, 5) is 14.0. The van der Waals surface area contributed by atoms with Gasteiger partial charge in [-0.3, -0.25) is 5.32 Å². The molecule has 1 saturated heterocycles. The molecule has 3 heterocycles. The van der Waals surface area contributed by atoms with Crippen LogP contribution in [0.15, 0.2) is 30.3 Å². The Balaban J connectivity index is 1.22. The second-order valence-electron chi connectivity index (χ2n) is 12.2. The first kappa shape index (κ1) is 29.3. The van der Waals surface area contributed by atoms with Crippen molar-refractivity contribution in [1.29, 1.82) is 0 Å². The van der Waals surface area contributed by atoms with Crippen LogP contribution in [0, 0.1) is 5.82 Å². The van der Waals surface area contributed by atoms with Gasteiger partial charge in [-0.05, 0) is 85.9 Å². The van der Waals surface area contributed by atoms with Gasteiger partial charge in [0, 0.05) is 13.2 Å². The third kappa shape index (κ3) is 6.51. The Morgan fingerprint density at radius 3 is 2.44 bits per heavy atom. The average molecular weight is 590 g/mol. The van der Waals surface area contributed by atoms with Crippen LogP contribution in [0.1, 0.15) is 50.7 Å². The zero-order valence-corrected chi connectivity index (χ0v) is 24.9. The fourth-order valence-corrected chi connectivity index (χ4v) is 5.83. The summed E-state index contributed by atoms with van der Waals surface area (Å²) in [5.41, 5.74) is 1.06. The summed E-state index contributed by atoms with van der Waals surface area (Å²) in [5.74, 6) is 0.0486. The number of halogens is 4. The van der Waals surface area contributed by atoms with Gasteiger partial charge in [-0.1, -0.05) is 20.8 Å². The monoisotopic (exact) mass is 589 g/mol. The van der Waals surface area contributed by atoms with Crippen LogP contribution in [0.5, 0.6) is 0 Å². The second-order valence-corrected chi connectivity index (χ2v) is 17.0. The molecule has 0 atom stereocenters. The number of nitrogens with zero attached hydrogens (tertiary/aromatic N) is 5. The van der Waals surface area contributed by atoms with Gasteiger partial charge in [0.1, 0.15) is 11.0 Å². The minimum absolute atomic E-state index is 0.0137. The molecule has 0 spiro atoms. The molecule has 4 aromatic rings. The Bertz CT molecular complexity index is 1540. The zero-order valence-electron chi connectivity index (χ0n) is 23.9. The molecule has 0 amide bonds. The summed E-state index contributed by atoms with van der Waals surface area (Å²) in [6.07, 6.45) is -2.63. The van der Waals surface area contributed by atoms with Gasteiger partial charge < -0.3 is 14.3 Å². The van der Waals surface area contributed by atoms with Crippen molar-refractivity contribution in [3.8, 4) is 0 Å². The average Bonchev–Trinajstić information content (AvgIpc) is 3.30. The fraction of sp³-hybridized carbons (Fsp3) is 0.500. The number of nitrogens with one attached hydrogen (secondary N) is 2. The number of rotatable bonds is 7. The molecule has 2 aromatic heterocycles. The van der Waals surface area contributed by atoms with Crippen molar-refractivity contribution < 1.29 is 22.0 Å². The lowest BCUT2D eigenvalue weighted by atomic mass is 9.89. The topological polar surface area (TPSA) is 91.8 Å². The molecule has 1 aliphatic heterocycles. The van der Waals surface area contributed by atoms with Gasteiger partial charge in [-0.2, -0.15) is 13.2 Å². The molecule has 8 nitrogen and oxygen atoms in total. The van der Waals surface area contributed by atoms with Crippen molar-refractivity contribution in [2.45, 2.75) is 63.8 Å². The van der Waals surface area contributed by atoms with Gasteiger partial charge in [-0.25, -0.2) is 14.4 Å². The molecule has 2 aromatic carbocycles. The first-order valence-electron chi connectivity index (χ1n) is 13.7. The van der Waals surface area contributed by atoms with E-state index in [0.29, 0.717) is 5.52 Å². The molecule has 220 valence electrons. The van der Waals surface area contributed by atoms with E-state index in [4.69, 9.17) is 4.43 Å². The number of aromatic amines is 1. The van der Waals surface area contributed by atoms with Crippen molar-refractivity contribution in [2.75, 3.05) is 31.6 Å². The quantitative estimate of drug-likeness (QED) is 0.177. The standard InChI is InChI=1S/C28H35F4N7OSi/c1-27(2,3)41(4,5)40-13-12-39-10-8-17(9-11-39)18-14-20(29)24-23(15-18)34-25(35-24)36-26-33-21-7-6-19(28(30,31)32)16-22(21)37-38-26/h6-7,14-17H,8-13H2,1-5H3,(H2,33,34,35,36,38). The molecular weight excluding hydrogens is 554 g/mol. The Labute approximate surface area is 237 Å². The highest BCUT2D eigenvalue weighted by Crippen LogP contribution is 2.37. The smallest absolute Gasteiger partial charge is 0.416 e. The molecule has 41 heavy (non-hydrogen) atoms. The van der Waals surface area contributed by atoms with Crippen molar-refractivity contribution in [1.82, 2.24) is 30.0 Å². The first-order valence-corrected chi connectivity index (χ1v) is 16.6. The highest BCUT2D eigenvalue weighted by Gasteiger charge is 2.37. The van der Waals surface area contributed by atoms with Crippen molar-refractivity contribution in [3.63, 3.8) is 0 Å². The van der Waals surface area contributed by atoms with Crippen LogP contribution in [-0.4, -0.2) is 64.6 Å². The van der Waals surface area contributed by atoms with E-state index in [-0.39, 0.29) is 39.4 Å². The van der Waals surface area contributed by atoms with Crippen LogP contribution < -0.4 is 5.32 Å². The fourth-order valence-electron chi connectivity index (χ4n) is 4.80. The second kappa shape index (κ2) is 10.9. The minimum Gasteiger partial charge on any atom is -0.416 e. The van der Waals surface area contributed by atoms with E-state index >= 15 is 4.39 Å². The Hall–Kier alpha value is -3.16. The van der Waals surface area contributed by atoms with E-state index in [9.17, 15) is 13.2 Å². The summed E-state index contributed by atoms with van der Waals surface area (Å²) >= 11 is 0. The maximum absolute atomic E-state index is 15.1. The summed E-state index contributed by atoms with van der Waals surface area (Å²) < 4.78 is 60.3. The molecule has 2 N–H and O–H groups in total. The van der Waals surface area contributed by atoms with E-state index in [1.54, 1.807) is 6.07 Å². The highest BCUT2D eigenvalue weighted by atomic mass is 28.4. The molecule has 13 heteroatoms. The summed E-state index contributed by atoms with van der Waals surface area (Å²) in [6, 6.07) is 6.54. The van der Waals surface area contributed by atoms with Crippen molar-refractivity contribution in [3.05, 3.63) is 47.3 Å². The summed E-state index contributed by atoms with van der Waals surface area (Å²) in [5, 5.41) is 10.7. The van der Waals surface area contributed by atoms with Gasteiger partial charge in [0.05, 0.1) is 16.6 Å². The zero-order chi connectivity index (χ0) is 29.6. The van der Waals surface area contributed by atoms with Gasteiger partial charge in [-0.15, -0.1) is 10.2 Å². The van der Waals surface area contributed by atoms with Gasteiger partial charge >= 0.3 is 6.18 Å². The van der Waals surface area contributed by atoms with E-state index in [2.05, 4.69) is 69.2 Å². The molecule has 0 saturated carbocycles. The number of aromatic nitrogens is 5. The Morgan fingerprint density at radius 2 is 1.76 bits per heavy atom. The Morgan fingerprint density at radius 1 is 1.02 bits per heavy atom. The Kier molecular flexibility index (Phi) is 7.81. The summed E-state index contributed by atoms with van der Waals surface area (Å²) in [7, 11) is -1.76. The number of piperidine rings is 1. The number of hydrogen-bond acceptors (Lipinski definition) is 7. The van der Waals surface area contributed by atoms with Gasteiger partial charge in [0.25, 0.3) is 0 Å². The van der Waals surface area contributed by atoms with Crippen molar-refractivity contribution in [2.24, 2.45) is 0 Å². The van der Waals surface area contributed by atoms with Crippen LogP contribution in [0.25, 0.3) is 22.1 Å². The maximum Gasteiger partial charge on any atom is 0.416 e. The van der Waals surface area contributed by atoms with E-state index in [1.165, 1.54) is 6.07 Å². The van der Waals surface area contributed by atoms with Gasteiger partial charge in [0.15, 0.2) is 14.1 Å². The SMILES string of the molecule is CC(C)(C)[Si](C)(C)OCCN1CCC(c2cc(F)c3nc(Nc4nnc5cc(C(F)(F)F)ccc5n4)[nH]c3c2)CC1. The number of anilines is 2. The number of H-pyrrole nitrogens is 1. The summed E-state index contributed by atoms with van der Waals surface area (Å²) in [6.45, 7) is 14.7. The third-order valence-electron chi connectivity index (χ3n) is 8.31. The largest absolute Gasteiger partial charge is 0.416 e. The van der Waals surface area contributed by atoms with E-state index < -0.39 is 25.9 Å². The molecule has 5 rings (SSSR count). The predicted molar refractivity (Wildman–Crippen MR) is 153 cm³/mol. The highest BCUT2D eigenvalue weighted by molar-refractivity contribution is 6.74. The third-order valence-corrected chi connectivity index (χ3v) is 12.8. The van der Waals surface area contributed by atoms with Crippen LogP contribution in [0.3, 0.4) is 0 Å². The number of likely N-dealkylation sites (tertiary alicyclic amines) is 1. The minimum atomic E-state index is -4.49. The number of alkyl halides is 3. The van der Waals surface area contributed by atoms with Gasteiger partial charge in [0.2, 0.25) is 11.9 Å². The molecule has 1 aliphatic rings. The van der Waals surface area contributed by atoms with Crippen LogP contribution in [0.2, 0.25) is 18.1 Å². The normalized spacial score (nSPS) is 16.1. The van der Waals surface area contributed by atoms with E-state index in [1.807, 2.05) is 6.07 Å². The maximum atomic E-state index is 15.1. The lowest BCUT2D eigenvalue weighted by Gasteiger charge is -2.37. The number of imidazole rings is 1. The number of benzene rings is 2. The number of fused-ring (bicyclic) bond motifs is 2. The molecular formula is C28H35F4N7OSi. The molecule has 0 radical (unpaired) electrons. The predicted octanol–water partition coefficient (Wildman–Crippen LogP) is 7.00. The van der Waals surface area contributed by atoms with Crippen LogP contribution in [0.4, 0.5) is 29.5 Å². The van der Waals surface area contributed by atoms with Crippen LogP contribution >= 0.6 is 0 Å². The van der Waals surface area contributed by atoms with E-state index in [0.717, 1.165) is 56.8 Å². The lowest BCUT2D eigenvalue weighted by Crippen LogP contribution is -2.43. The number of hydrogen-bond donors (Lipinski definition) is 2. The lowest BCUT2D eigenvalue weighted by molar-refractivity contribution is -0.137. The molecule has 1 fully saturated rings. The molecule has 0 aliphatic carbocycles. The van der Waals surface area contributed by atoms with Crippen LogP contribution in [-0.2, 0) is 10.6 Å². The molecule has 0 bridgehead atoms.